The predicted octanol–water partition coefficient (Wildman–Crippen LogP) is 2.00. The molecule has 2 amide bonds. The van der Waals surface area contributed by atoms with Crippen LogP contribution in [0.25, 0.3) is 16.8 Å². The summed E-state index contributed by atoms with van der Waals surface area (Å²) >= 11 is 6.31. The van der Waals surface area contributed by atoms with Gasteiger partial charge in [-0.3, -0.25) is 4.79 Å². The molecule has 3 N–H and O–H groups in total. The number of hydrogen-bond acceptors (Lipinski definition) is 3. The molecule has 1 aliphatic rings. The number of allylic oxidation sites excluding steroid dienone is 2. The van der Waals surface area contributed by atoms with Crippen LogP contribution in [0.3, 0.4) is 0 Å². The van der Waals surface area contributed by atoms with Gasteiger partial charge in [-0.2, -0.15) is 9.98 Å². The van der Waals surface area contributed by atoms with E-state index in [0.29, 0.717) is 39.9 Å². The SMILES string of the molecule is COCCC(=O)NC1=[N+]=C=C(C)C(n2cc(C(N)=O)c(-c3ccccc3Cl)c2)=C1. The van der Waals surface area contributed by atoms with Crippen LogP contribution in [-0.2, 0) is 9.53 Å². The molecule has 0 radical (unpaired) electrons. The number of benzene rings is 1. The van der Waals surface area contributed by atoms with Crippen molar-refractivity contribution in [2.45, 2.75) is 13.3 Å². The Morgan fingerprint density at radius 1 is 1.28 bits per heavy atom. The van der Waals surface area contributed by atoms with Crippen molar-refractivity contribution in [3.8, 4) is 11.1 Å². The number of methoxy groups -OCH3 is 1. The second kappa shape index (κ2) is 8.78. The lowest BCUT2D eigenvalue weighted by Gasteiger charge is -2.07. The van der Waals surface area contributed by atoms with Gasteiger partial charge in [-0.15, -0.1) is 0 Å². The molecule has 0 saturated heterocycles. The van der Waals surface area contributed by atoms with E-state index in [2.05, 4.69) is 15.9 Å². The summed E-state index contributed by atoms with van der Waals surface area (Å²) in [6, 6.07) is 7.22. The number of hydrogen-bond donors (Lipinski definition) is 2. The highest BCUT2D eigenvalue weighted by Crippen LogP contribution is 2.32. The van der Waals surface area contributed by atoms with Gasteiger partial charge in [-0.1, -0.05) is 29.8 Å². The first kappa shape index (κ1) is 20.4. The van der Waals surface area contributed by atoms with Crippen molar-refractivity contribution in [1.29, 1.82) is 0 Å². The topological polar surface area (TPSA) is 100 Å². The zero-order chi connectivity index (χ0) is 21.0. The first-order valence-electron chi connectivity index (χ1n) is 8.86. The first-order valence-corrected chi connectivity index (χ1v) is 9.23. The molecule has 1 aromatic heterocycles. The number of nitrogens with one attached hydrogen (secondary N) is 1. The van der Waals surface area contributed by atoms with Crippen molar-refractivity contribution in [2.24, 2.45) is 5.73 Å². The van der Waals surface area contributed by atoms with Crippen molar-refractivity contribution >= 4 is 40.8 Å². The average Bonchev–Trinajstić information content (AvgIpc) is 3.13. The third-order valence-electron chi connectivity index (χ3n) is 4.34. The normalized spacial score (nSPS) is 12.9. The fraction of sp³-hybridized carbons (Fsp3) is 0.190. The zero-order valence-corrected chi connectivity index (χ0v) is 16.8. The van der Waals surface area contributed by atoms with E-state index >= 15 is 0 Å². The van der Waals surface area contributed by atoms with Crippen LogP contribution < -0.4 is 15.7 Å². The van der Waals surface area contributed by atoms with Crippen LogP contribution in [0.2, 0.25) is 5.02 Å². The van der Waals surface area contributed by atoms with Gasteiger partial charge < -0.3 is 15.0 Å². The molecule has 0 aliphatic carbocycles. The van der Waals surface area contributed by atoms with Crippen LogP contribution in [0.5, 0.6) is 0 Å². The Bertz CT molecular complexity index is 1120. The maximum atomic E-state index is 12.0. The van der Waals surface area contributed by atoms with Crippen LogP contribution in [0.1, 0.15) is 23.7 Å². The minimum absolute atomic E-state index is 0.216. The molecule has 0 saturated carbocycles. The van der Waals surface area contributed by atoms with E-state index in [1.807, 2.05) is 25.1 Å². The number of aromatic nitrogens is 1. The van der Waals surface area contributed by atoms with Gasteiger partial charge in [-0.05, 0) is 13.0 Å². The summed E-state index contributed by atoms with van der Waals surface area (Å²) in [5, 5.41) is 3.22. The van der Waals surface area contributed by atoms with Gasteiger partial charge in [0.25, 0.3) is 5.91 Å². The number of nitrogens with two attached hydrogens (primary N) is 1. The van der Waals surface area contributed by atoms with Crippen molar-refractivity contribution in [1.82, 2.24) is 14.6 Å². The van der Waals surface area contributed by atoms with Gasteiger partial charge in [0.05, 0.1) is 35.9 Å². The highest BCUT2D eigenvalue weighted by atomic mass is 35.5. The quantitative estimate of drug-likeness (QED) is 0.711. The molecule has 0 unspecified atom stereocenters. The maximum absolute atomic E-state index is 12.0. The van der Waals surface area contributed by atoms with Gasteiger partial charge in [0.15, 0.2) is 5.87 Å². The number of ether oxygens (including phenoxy) is 1. The molecular formula is C21H20ClN4O3+. The molecule has 0 atom stereocenters. The van der Waals surface area contributed by atoms with Crippen molar-refractivity contribution < 1.29 is 14.3 Å². The van der Waals surface area contributed by atoms with Crippen LogP contribution in [0.15, 0.2) is 48.3 Å². The molecule has 2 heterocycles. The van der Waals surface area contributed by atoms with Crippen LogP contribution in [-0.4, -0.2) is 41.8 Å². The maximum Gasteiger partial charge on any atom is 0.388 e. The van der Waals surface area contributed by atoms with E-state index in [1.165, 1.54) is 7.11 Å². The number of amides is 2. The van der Waals surface area contributed by atoms with E-state index < -0.39 is 5.91 Å². The lowest BCUT2D eigenvalue weighted by atomic mass is 10.0. The summed E-state index contributed by atoms with van der Waals surface area (Å²) in [7, 11) is 1.53. The summed E-state index contributed by atoms with van der Waals surface area (Å²) < 4.78 is 10.8. The number of halogens is 1. The number of amidine groups is 1. The Hall–Kier alpha value is -3.34. The molecular weight excluding hydrogens is 392 g/mol. The Labute approximate surface area is 172 Å². The molecule has 0 spiro atoms. The van der Waals surface area contributed by atoms with Gasteiger partial charge in [-0.25, -0.2) is 4.79 Å². The number of primary amides is 1. The largest absolute Gasteiger partial charge is 0.388 e. The summed E-state index contributed by atoms with van der Waals surface area (Å²) in [5.41, 5.74) is 8.67. The van der Waals surface area contributed by atoms with E-state index in [-0.39, 0.29) is 12.3 Å². The Morgan fingerprint density at radius 2 is 2.03 bits per heavy atom. The molecule has 0 fully saturated rings. The van der Waals surface area contributed by atoms with Crippen LogP contribution in [0, 0.1) is 0 Å². The standard InChI is InChI=1S/C21H19ClN4O3/c1-13-10-24-19(25-20(27)7-8-29-2)9-18(13)26-11-15(16(12-26)21(23)28)14-5-3-4-6-17(14)22/h3-6,9,11-12H,7-8H2,1-2H3,(H2,23,28)/p+1. The summed E-state index contributed by atoms with van der Waals surface area (Å²) in [4.78, 5) is 24.0. The van der Waals surface area contributed by atoms with Crippen molar-refractivity contribution in [2.75, 3.05) is 13.7 Å². The molecule has 1 aliphatic heterocycles. The summed E-state index contributed by atoms with van der Waals surface area (Å²) in [6.45, 7) is 2.15. The molecule has 2 aromatic rings. The van der Waals surface area contributed by atoms with Gasteiger partial charge >= 0.3 is 11.7 Å². The van der Waals surface area contributed by atoms with Gasteiger partial charge in [0.1, 0.15) is 0 Å². The molecule has 1 aromatic carbocycles. The van der Waals surface area contributed by atoms with E-state index in [1.54, 1.807) is 29.1 Å². The number of carbonyl (C=O) groups is 2. The Morgan fingerprint density at radius 3 is 2.72 bits per heavy atom. The molecule has 29 heavy (non-hydrogen) atoms. The van der Waals surface area contributed by atoms with Crippen LogP contribution >= 0.6 is 11.6 Å². The van der Waals surface area contributed by atoms with E-state index in [0.717, 1.165) is 5.57 Å². The van der Waals surface area contributed by atoms with Gasteiger partial charge in [0.2, 0.25) is 0 Å². The third kappa shape index (κ3) is 4.57. The van der Waals surface area contributed by atoms with Crippen molar-refractivity contribution in [3.05, 3.63) is 58.9 Å². The summed E-state index contributed by atoms with van der Waals surface area (Å²) in [5.74, 6) is 2.44. The first-order chi connectivity index (χ1) is 13.9. The van der Waals surface area contributed by atoms with Gasteiger partial charge in [0, 0.05) is 35.7 Å². The fourth-order valence-electron chi connectivity index (χ4n) is 2.89. The second-order valence-electron chi connectivity index (χ2n) is 6.39. The van der Waals surface area contributed by atoms with Crippen LogP contribution in [0.4, 0.5) is 0 Å². The highest BCUT2D eigenvalue weighted by Gasteiger charge is 2.22. The number of nitrogens with zero attached hydrogens (tertiary/aromatic N) is 2. The highest BCUT2D eigenvalue weighted by molar-refractivity contribution is 6.33. The lowest BCUT2D eigenvalue weighted by Crippen LogP contribution is -2.32. The van der Waals surface area contributed by atoms with E-state index in [9.17, 15) is 9.59 Å². The molecule has 8 heteroatoms. The fourth-order valence-corrected chi connectivity index (χ4v) is 3.13. The lowest BCUT2D eigenvalue weighted by molar-refractivity contribution is -0.120. The molecule has 148 valence electrons. The predicted molar refractivity (Wildman–Crippen MR) is 114 cm³/mol. The Balaban J connectivity index is 1.99. The molecule has 0 bridgehead atoms. The minimum Gasteiger partial charge on any atom is -0.384 e. The number of rotatable bonds is 6. The number of carbonyl (C=O) groups excluding carboxylic acids is 2. The molecule has 7 nitrogen and oxygen atoms in total. The second-order valence-corrected chi connectivity index (χ2v) is 6.80. The minimum atomic E-state index is -0.567. The van der Waals surface area contributed by atoms with Crippen molar-refractivity contribution in [3.63, 3.8) is 0 Å². The molecule has 3 rings (SSSR count). The zero-order valence-electron chi connectivity index (χ0n) is 16.0. The Kier molecular flexibility index (Phi) is 6.17. The summed E-state index contributed by atoms with van der Waals surface area (Å²) in [6.07, 6.45) is 5.33. The smallest absolute Gasteiger partial charge is 0.384 e. The monoisotopic (exact) mass is 411 g/mol. The van der Waals surface area contributed by atoms with E-state index in [4.69, 9.17) is 22.1 Å². The third-order valence-corrected chi connectivity index (χ3v) is 4.67. The average molecular weight is 412 g/mol.